The highest BCUT2D eigenvalue weighted by Crippen LogP contribution is 2.31. The molecule has 0 bridgehead atoms. The topological polar surface area (TPSA) is 115 Å². The quantitative estimate of drug-likeness (QED) is 0.636. The van der Waals surface area contributed by atoms with Gasteiger partial charge in [0.15, 0.2) is 5.82 Å². The Morgan fingerprint density at radius 3 is 2.90 bits per heavy atom. The first kappa shape index (κ1) is 13.2. The highest BCUT2D eigenvalue weighted by molar-refractivity contribution is 5.62. The second kappa shape index (κ2) is 4.96. The number of hydrogen-bond donors (Lipinski definition) is 1. The van der Waals surface area contributed by atoms with E-state index in [1.165, 1.54) is 0 Å². The molecule has 110 valence electrons. The van der Waals surface area contributed by atoms with Crippen LogP contribution in [0.4, 0.5) is 17.5 Å². The lowest BCUT2D eigenvalue weighted by Crippen LogP contribution is -2.35. The summed E-state index contributed by atoms with van der Waals surface area (Å²) in [7, 11) is 1.68. The summed E-state index contributed by atoms with van der Waals surface area (Å²) in [4.78, 5) is 21.1. The zero-order valence-electron chi connectivity index (χ0n) is 11.6. The van der Waals surface area contributed by atoms with Crippen molar-refractivity contribution >= 4 is 17.5 Å². The fourth-order valence-electron chi connectivity index (χ4n) is 2.35. The lowest BCUT2D eigenvalue weighted by Gasteiger charge is -2.27. The SMILES string of the molecule is CNc1nc(C)c([N+](=O)[O-])c(N2CCn3cnnc3C2)n1. The van der Waals surface area contributed by atoms with Crippen molar-refractivity contribution < 1.29 is 4.92 Å². The average molecular weight is 290 g/mol. The van der Waals surface area contributed by atoms with E-state index in [-0.39, 0.29) is 5.69 Å². The highest BCUT2D eigenvalue weighted by atomic mass is 16.6. The largest absolute Gasteiger partial charge is 0.357 e. The maximum atomic E-state index is 11.3. The molecule has 3 rings (SSSR count). The molecule has 0 saturated carbocycles. The van der Waals surface area contributed by atoms with Crippen LogP contribution in [0.3, 0.4) is 0 Å². The third-order valence-corrected chi connectivity index (χ3v) is 3.38. The fourth-order valence-corrected chi connectivity index (χ4v) is 2.35. The van der Waals surface area contributed by atoms with Gasteiger partial charge in [-0.1, -0.05) is 0 Å². The molecule has 21 heavy (non-hydrogen) atoms. The van der Waals surface area contributed by atoms with Gasteiger partial charge in [0.25, 0.3) is 0 Å². The van der Waals surface area contributed by atoms with Crippen LogP contribution < -0.4 is 10.2 Å². The Hall–Kier alpha value is -2.78. The van der Waals surface area contributed by atoms with Gasteiger partial charge in [-0.05, 0) is 6.92 Å². The number of anilines is 2. The molecular formula is C11H14N8O2. The molecule has 0 atom stereocenters. The fraction of sp³-hybridized carbons (Fsp3) is 0.455. The van der Waals surface area contributed by atoms with Crippen molar-refractivity contribution in [2.24, 2.45) is 0 Å². The van der Waals surface area contributed by atoms with Crippen LogP contribution in [0, 0.1) is 17.0 Å². The van der Waals surface area contributed by atoms with Crippen LogP contribution in [0.2, 0.25) is 0 Å². The molecule has 10 nitrogen and oxygen atoms in total. The average Bonchev–Trinajstić information content (AvgIpc) is 2.93. The van der Waals surface area contributed by atoms with E-state index < -0.39 is 4.92 Å². The number of nitro groups is 1. The van der Waals surface area contributed by atoms with Gasteiger partial charge in [0.05, 0.1) is 11.5 Å². The Morgan fingerprint density at radius 2 is 2.19 bits per heavy atom. The minimum absolute atomic E-state index is 0.0676. The van der Waals surface area contributed by atoms with E-state index in [2.05, 4.69) is 25.5 Å². The van der Waals surface area contributed by atoms with Gasteiger partial charge in [-0.2, -0.15) is 4.98 Å². The molecule has 1 N–H and O–H groups in total. The van der Waals surface area contributed by atoms with Crippen molar-refractivity contribution in [2.75, 3.05) is 23.8 Å². The molecular weight excluding hydrogens is 276 g/mol. The van der Waals surface area contributed by atoms with E-state index in [9.17, 15) is 10.1 Å². The smallest absolute Gasteiger partial charge is 0.332 e. The molecule has 0 unspecified atom stereocenters. The van der Waals surface area contributed by atoms with Crippen LogP contribution >= 0.6 is 0 Å². The molecule has 1 aliphatic heterocycles. The number of hydrogen-bond acceptors (Lipinski definition) is 8. The van der Waals surface area contributed by atoms with Gasteiger partial charge >= 0.3 is 5.69 Å². The van der Waals surface area contributed by atoms with E-state index in [1.807, 2.05) is 9.47 Å². The summed E-state index contributed by atoms with van der Waals surface area (Å²) >= 11 is 0. The molecule has 3 heterocycles. The second-order valence-corrected chi connectivity index (χ2v) is 4.67. The van der Waals surface area contributed by atoms with Crippen LogP contribution in [0.1, 0.15) is 11.5 Å². The summed E-state index contributed by atoms with van der Waals surface area (Å²) in [6, 6.07) is 0. The number of aryl methyl sites for hydroxylation is 1. The van der Waals surface area contributed by atoms with Crippen molar-refractivity contribution in [1.29, 1.82) is 0 Å². The number of nitrogens with zero attached hydrogens (tertiary/aromatic N) is 7. The van der Waals surface area contributed by atoms with E-state index in [0.717, 1.165) is 5.82 Å². The maximum absolute atomic E-state index is 11.3. The number of fused-ring (bicyclic) bond motifs is 1. The van der Waals surface area contributed by atoms with Crippen LogP contribution in [-0.2, 0) is 13.1 Å². The van der Waals surface area contributed by atoms with E-state index in [1.54, 1.807) is 20.3 Å². The van der Waals surface area contributed by atoms with Gasteiger partial charge < -0.3 is 14.8 Å². The van der Waals surface area contributed by atoms with Crippen LogP contribution in [-0.4, -0.2) is 43.2 Å². The third-order valence-electron chi connectivity index (χ3n) is 3.38. The zero-order chi connectivity index (χ0) is 15.0. The molecule has 0 radical (unpaired) electrons. The minimum atomic E-state index is -0.441. The molecule has 2 aromatic heterocycles. The van der Waals surface area contributed by atoms with E-state index >= 15 is 0 Å². The predicted octanol–water partition coefficient (Wildman–Crippen LogP) is 0.347. The summed E-state index contributed by atoms with van der Waals surface area (Å²) in [6.07, 6.45) is 1.66. The third kappa shape index (κ3) is 2.24. The van der Waals surface area contributed by atoms with E-state index in [0.29, 0.717) is 37.1 Å². The zero-order valence-corrected chi connectivity index (χ0v) is 11.6. The minimum Gasteiger partial charge on any atom is -0.357 e. The standard InChI is InChI=1S/C11H14N8O2/c1-7-9(19(20)21)10(15-11(12-2)14-7)17-3-4-18-6-13-16-8(18)5-17/h6H,3-5H2,1-2H3,(H,12,14,15). The first-order chi connectivity index (χ1) is 10.1. The van der Waals surface area contributed by atoms with Crippen molar-refractivity contribution in [3.8, 4) is 0 Å². The predicted molar refractivity (Wildman–Crippen MR) is 74.0 cm³/mol. The first-order valence-corrected chi connectivity index (χ1v) is 6.42. The molecule has 0 fully saturated rings. The molecule has 0 aliphatic carbocycles. The number of rotatable bonds is 3. The maximum Gasteiger partial charge on any atom is 0.332 e. The molecule has 0 amide bonds. The molecule has 0 aromatic carbocycles. The molecule has 0 spiro atoms. The molecule has 10 heteroatoms. The summed E-state index contributed by atoms with van der Waals surface area (Å²) in [5, 5.41) is 22.0. The summed E-state index contributed by atoms with van der Waals surface area (Å²) < 4.78 is 1.93. The molecule has 2 aromatic rings. The van der Waals surface area contributed by atoms with Crippen molar-refractivity contribution in [3.63, 3.8) is 0 Å². The first-order valence-electron chi connectivity index (χ1n) is 6.42. The Bertz CT molecular complexity index is 698. The van der Waals surface area contributed by atoms with Gasteiger partial charge in [0, 0.05) is 20.1 Å². The van der Waals surface area contributed by atoms with Gasteiger partial charge in [-0.15, -0.1) is 10.2 Å². The van der Waals surface area contributed by atoms with Gasteiger partial charge in [0.1, 0.15) is 12.0 Å². The highest BCUT2D eigenvalue weighted by Gasteiger charge is 2.29. The van der Waals surface area contributed by atoms with Crippen molar-refractivity contribution in [3.05, 3.63) is 28.0 Å². The summed E-state index contributed by atoms with van der Waals surface area (Å²) in [5.74, 6) is 1.43. The number of nitrogens with one attached hydrogen (secondary N) is 1. The number of aromatic nitrogens is 5. The normalized spacial score (nSPS) is 13.9. The Morgan fingerprint density at radius 1 is 1.38 bits per heavy atom. The van der Waals surface area contributed by atoms with Gasteiger partial charge in [-0.25, -0.2) is 4.98 Å². The lowest BCUT2D eigenvalue weighted by atomic mass is 10.3. The summed E-state index contributed by atoms with van der Waals surface area (Å²) in [6.45, 7) is 3.31. The van der Waals surface area contributed by atoms with Gasteiger partial charge in [0.2, 0.25) is 11.8 Å². The van der Waals surface area contributed by atoms with Crippen LogP contribution in [0.5, 0.6) is 0 Å². The lowest BCUT2D eigenvalue weighted by molar-refractivity contribution is -0.385. The van der Waals surface area contributed by atoms with Crippen LogP contribution in [0.25, 0.3) is 0 Å². The van der Waals surface area contributed by atoms with Crippen LogP contribution in [0.15, 0.2) is 6.33 Å². The molecule has 1 aliphatic rings. The monoisotopic (exact) mass is 290 g/mol. The Labute approximate surface area is 120 Å². The second-order valence-electron chi connectivity index (χ2n) is 4.67. The van der Waals surface area contributed by atoms with Crippen molar-refractivity contribution in [2.45, 2.75) is 20.0 Å². The summed E-state index contributed by atoms with van der Waals surface area (Å²) in [5.41, 5.74) is 0.267. The molecule has 0 saturated heterocycles. The Balaban J connectivity index is 2.05. The van der Waals surface area contributed by atoms with E-state index in [4.69, 9.17) is 0 Å². The van der Waals surface area contributed by atoms with Gasteiger partial charge in [-0.3, -0.25) is 10.1 Å². The Kier molecular flexibility index (Phi) is 3.12. The van der Waals surface area contributed by atoms with Crippen molar-refractivity contribution in [1.82, 2.24) is 24.7 Å².